The first-order valence-corrected chi connectivity index (χ1v) is 4.89. The van der Waals surface area contributed by atoms with Gasteiger partial charge in [0.25, 0.3) is 5.88 Å². The zero-order valence-electron chi connectivity index (χ0n) is 8.93. The summed E-state index contributed by atoms with van der Waals surface area (Å²) in [7, 11) is 0. The number of nitrogens with zero attached hydrogens (tertiary/aromatic N) is 1. The number of carbonyl (C=O) groups is 1. The third kappa shape index (κ3) is 2.42. The number of carboxylic acid groups (broad SMARTS) is 1. The zero-order valence-corrected chi connectivity index (χ0v) is 8.93. The van der Waals surface area contributed by atoms with E-state index >= 15 is 0 Å². The minimum atomic E-state index is -1.39. The lowest BCUT2D eigenvalue weighted by molar-refractivity contribution is 0.0692. The van der Waals surface area contributed by atoms with Gasteiger partial charge >= 0.3 is 5.97 Å². The quantitative estimate of drug-likeness (QED) is 0.911. The van der Waals surface area contributed by atoms with Gasteiger partial charge in [-0.05, 0) is 24.3 Å². The molecule has 18 heavy (non-hydrogen) atoms. The van der Waals surface area contributed by atoms with Crippen molar-refractivity contribution in [3.05, 3.63) is 53.7 Å². The van der Waals surface area contributed by atoms with Crippen molar-refractivity contribution >= 4 is 5.97 Å². The maximum Gasteiger partial charge on any atom is 0.338 e. The maximum absolute atomic E-state index is 13.3. The summed E-state index contributed by atoms with van der Waals surface area (Å²) in [5.41, 5.74) is -0.483. The second-order valence-electron chi connectivity index (χ2n) is 3.34. The van der Waals surface area contributed by atoms with Gasteiger partial charge in [0, 0.05) is 12.3 Å². The molecule has 2 aromatic rings. The van der Waals surface area contributed by atoms with Crippen LogP contribution in [-0.2, 0) is 0 Å². The first kappa shape index (κ1) is 12.0. The number of carboxylic acids is 1. The Balaban J connectivity index is 2.29. The highest BCUT2D eigenvalue weighted by atomic mass is 19.1. The van der Waals surface area contributed by atoms with Crippen LogP contribution in [0.5, 0.6) is 11.6 Å². The molecule has 0 fully saturated rings. The molecule has 1 aromatic heterocycles. The molecule has 0 saturated carbocycles. The lowest BCUT2D eigenvalue weighted by atomic mass is 10.2. The molecule has 0 aliphatic heterocycles. The van der Waals surface area contributed by atoms with Gasteiger partial charge in [-0.1, -0.05) is 0 Å². The molecule has 0 saturated heterocycles. The molecule has 1 aromatic carbocycles. The lowest BCUT2D eigenvalue weighted by Gasteiger charge is -2.06. The zero-order chi connectivity index (χ0) is 13.1. The smallest absolute Gasteiger partial charge is 0.338 e. The van der Waals surface area contributed by atoms with Crippen molar-refractivity contribution in [2.45, 2.75) is 0 Å². The summed E-state index contributed by atoms with van der Waals surface area (Å²) in [6, 6.07) is 5.65. The highest BCUT2D eigenvalue weighted by Crippen LogP contribution is 2.23. The van der Waals surface area contributed by atoms with Gasteiger partial charge in [-0.3, -0.25) is 0 Å². The van der Waals surface area contributed by atoms with Gasteiger partial charge in [-0.15, -0.1) is 0 Å². The van der Waals surface area contributed by atoms with Crippen molar-refractivity contribution in [2.75, 3.05) is 0 Å². The van der Waals surface area contributed by atoms with Crippen LogP contribution in [0, 0.1) is 11.6 Å². The summed E-state index contributed by atoms with van der Waals surface area (Å²) in [6.07, 6.45) is 1.32. The summed E-state index contributed by atoms with van der Waals surface area (Å²) in [5, 5.41) is 8.64. The van der Waals surface area contributed by atoms with Crippen molar-refractivity contribution in [3.8, 4) is 11.6 Å². The molecule has 0 radical (unpaired) electrons. The Morgan fingerprint density at radius 1 is 1.22 bits per heavy atom. The fourth-order valence-electron chi connectivity index (χ4n) is 1.29. The summed E-state index contributed by atoms with van der Waals surface area (Å²) in [4.78, 5) is 14.2. The van der Waals surface area contributed by atoms with Crippen LogP contribution >= 0.6 is 0 Å². The second kappa shape index (κ2) is 4.79. The Labute approximate surface area is 100 Å². The molecule has 0 aliphatic carbocycles. The van der Waals surface area contributed by atoms with Crippen LogP contribution in [0.3, 0.4) is 0 Å². The van der Waals surface area contributed by atoms with Crippen LogP contribution in [-0.4, -0.2) is 16.1 Å². The standard InChI is InChI=1S/C12H7F2NO3/c13-9-2-1-5-15-11(9)18-7-3-4-8(12(16)17)10(14)6-7/h1-6H,(H,16,17). The molecule has 6 heteroatoms. The lowest BCUT2D eigenvalue weighted by Crippen LogP contribution is -2.00. The van der Waals surface area contributed by atoms with E-state index in [1.54, 1.807) is 0 Å². The number of hydrogen-bond acceptors (Lipinski definition) is 3. The molecule has 1 heterocycles. The van der Waals surface area contributed by atoms with Crippen LogP contribution in [0.2, 0.25) is 0 Å². The van der Waals surface area contributed by atoms with E-state index in [1.165, 1.54) is 18.3 Å². The topological polar surface area (TPSA) is 59.4 Å². The molecule has 4 nitrogen and oxygen atoms in total. The Kier molecular flexibility index (Phi) is 3.18. The number of hydrogen-bond donors (Lipinski definition) is 1. The normalized spacial score (nSPS) is 10.1. The van der Waals surface area contributed by atoms with Crippen LogP contribution in [0.15, 0.2) is 36.5 Å². The summed E-state index contributed by atoms with van der Waals surface area (Å²) in [5.74, 6) is -3.38. The molecule has 0 spiro atoms. The van der Waals surface area contributed by atoms with Gasteiger partial charge in [0.2, 0.25) is 0 Å². The third-order valence-electron chi connectivity index (χ3n) is 2.11. The minimum Gasteiger partial charge on any atom is -0.478 e. The van der Waals surface area contributed by atoms with E-state index in [9.17, 15) is 13.6 Å². The van der Waals surface area contributed by atoms with Crippen molar-refractivity contribution in [2.24, 2.45) is 0 Å². The fourth-order valence-corrected chi connectivity index (χ4v) is 1.29. The predicted octanol–water partition coefficient (Wildman–Crippen LogP) is 2.85. The number of pyridine rings is 1. The molecule has 2 rings (SSSR count). The molecule has 0 aliphatic rings. The van der Waals surface area contributed by atoms with Crippen molar-refractivity contribution in [3.63, 3.8) is 0 Å². The Hall–Kier alpha value is -2.50. The highest BCUT2D eigenvalue weighted by Gasteiger charge is 2.12. The van der Waals surface area contributed by atoms with Crippen LogP contribution in [0.1, 0.15) is 10.4 Å². The van der Waals surface area contributed by atoms with E-state index in [0.29, 0.717) is 0 Å². The van der Waals surface area contributed by atoms with Crippen molar-refractivity contribution in [1.29, 1.82) is 0 Å². The van der Waals surface area contributed by atoms with Gasteiger partial charge < -0.3 is 9.84 Å². The molecule has 0 amide bonds. The van der Waals surface area contributed by atoms with E-state index in [1.807, 2.05) is 0 Å². The fraction of sp³-hybridized carbons (Fsp3) is 0. The predicted molar refractivity (Wildman–Crippen MR) is 57.6 cm³/mol. The first-order valence-electron chi connectivity index (χ1n) is 4.89. The Bertz CT molecular complexity index is 602. The third-order valence-corrected chi connectivity index (χ3v) is 2.11. The second-order valence-corrected chi connectivity index (χ2v) is 3.34. The Morgan fingerprint density at radius 2 is 2.00 bits per heavy atom. The first-order chi connectivity index (χ1) is 8.58. The maximum atomic E-state index is 13.3. The number of aromatic carboxylic acids is 1. The number of benzene rings is 1. The number of aromatic nitrogens is 1. The SMILES string of the molecule is O=C(O)c1ccc(Oc2ncccc2F)cc1F. The minimum absolute atomic E-state index is 0.0323. The molecular weight excluding hydrogens is 244 g/mol. The molecule has 1 N–H and O–H groups in total. The van der Waals surface area contributed by atoms with E-state index in [4.69, 9.17) is 9.84 Å². The summed E-state index contributed by atoms with van der Waals surface area (Å²) in [6.45, 7) is 0. The van der Waals surface area contributed by atoms with Crippen LogP contribution in [0.25, 0.3) is 0 Å². The van der Waals surface area contributed by atoms with Gasteiger partial charge in [0.1, 0.15) is 11.6 Å². The van der Waals surface area contributed by atoms with Crippen molar-refractivity contribution < 1.29 is 23.4 Å². The number of halogens is 2. The largest absolute Gasteiger partial charge is 0.478 e. The van der Waals surface area contributed by atoms with E-state index in [2.05, 4.69) is 4.98 Å². The van der Waals surface area contributed by atoms with Crippen LogP contribution < -0.4 is 4.74 Å². The Morgan fingerprint density at radius 3 is 2.61 bits per heavy atom. The molecular formula is C12H7F2NO3. The van der Waals surface area contributed by atoms with Gasteiger partial charge in [-0.25, -0.2) is 18.6 Å². The van der Waals surface area contributed by atoms with Crippen molar-refractivity contribution in [1.82, 2.24) is 4.98 Å². The van der Waals surface area contributed by atoms with Gasteiger partial charge in [0.05, 0.1) is 5.56 Å². The van der Waals surface area contributed by atoms with Crippen LogP contribution in [0.4, 0.5) is 8.78 Å². The number of rotatable bonds is 3. The monoisotopic (exact) mass is 251 g/mol. The van der Waals surface area contributed by atoms with Gasteiger partial charge in [0.15, 0.2) is 5.82 Å². The molecule has 0 bridgehead atoms. The molecule has 0 atom stereocenters. The van der Waals surface area contributed by atoms with E-state index in [-0.39, 0.29) is 11.6 Å². The average molecular weight is 251 g/mol. The average Bonchev–Trinajstić information content (AvgIpc) is 2.32. The van der Waals surface area contributed by atoms with Gasteiger partial charge in [-0.2, -0.15) is 0 Å². The number of ether oxygens (including phenoxy) is 1. The summed E-state index contributed by atoms with van der Waals surface area (Å²) < 4.78 is 31.5. The molecule has 0 unspecified atom stereocenters. The van der Waals surface area contributed by atoms with E-state index in [0.717, 1.165) is 18.2 Å². The molecule has 92 valence electrons. The van der Waals surface area contributed by atoms with E-state index < -0.39 is 23.2 Å². The summed E-state index contributed by atoms with van der Waals surface area (Å²) >= 11 is 0. The highest BCUT2D eigenvalue weighted by molar-refractivity contribution is 5.88.